The Bertz CT molecular complexity index is 380. The molecule has 3 N–H and O–H groups in total. The number of likely N-dealkylation sites (tertiary alicyclic amines) is 1. The van der Waals surface area contributed by atoms with Gasteiger partial charge in [0.15, 0.2) is 0 Å². The van der Waals surface area contributed by atoms with Crippen LogP contribution in [0.4, 0.5) is 0 Å². The number of carbonyl (C=O) groups excluding carboxylic acids is 2. The highest BCUT2D eigenvalue weighted by Gasteiger charge is 2.33. The number of nitrogens with one attached hydrogen (secondary N) is 1. The fourth-order valence-corrected chi connectivity index (χ4v) is 3.01. The zero-order chi connectivity index (χ0) is 15.4. The van der Waals surface area contributed by atoms with Crippen LogP contribution in [0.3, 0.4) is 0 Å². The molecule has 1 saturated heterocycles. The van der Waals surface area contributed by atoms with E-state index in [0.29, 0.717) is 31.3 Å². The molecule has 1 aliphatic heterocycles. The number of piperidine rings is 1. The normalized spacial score (nSPS) is 22.3. The molecular weight excluding hydrogens is 266 g/mol. The second-order valence-corrected chi connectivity index (χ2v) is 6.94. The van der Waals surface area contributed by atoms with Gasteiger partial charge in [-0.3, -0.25) is 9.59 Å². The van der Waals surface area contributed by atoms with Crippen molar-refractivity contribution in [2.24, 2.45) is 17.6 Å². The summed E-state index contributed by atoms with van der Waals surface area (Å²) in [5.74, 6) is 1.04. The average molecular weight is 295 g/mol. The lowest BCUT2D eigenvalue weighted by Crippen LogP contribution is -2.53. The average Bonchev–Trinajstić information content (AvgIpc) is 3.27. The van der Waals surface area contributed by atoms with E-state index in [1.165, 1.54) is 12.8 Å². The van der Waals surface area contributed by atoms with Crippen molar-refractivity contribution in [3.05, 3.63) is 0 Å². The third kappa shape index (κ3) is 4.70. The maximum absolute atomic E-state index is 12.5. The fraction of sp³-hybridized carbons (Fsp3) is 0.875. The highest BCUT2D eigenvalue weighted by molar-refractivity contribution is 5.88. The number of nitrogens with two attached hydrogens (primary N) is 1. The summed E-state index contributed by atoms with van der Waals surface area (Å²) in [4.78, 5) is 26.4. The summed E-state index contributed by atoms with van der Waals surface area (Å²) in [6, 6.07) is -0.269. The van der Waals surface area contributed by atoms with Crippen LogP contribution in [0.2, 0.25) is 0 Å². The summed E-state index contributed by atoms with van der Waals surface area (Å²) in [6.07, 6.45) is 5.58. The number of rotatable bonds is 7. The topological polar surface area (TPSA) is 75.4 Å². The van der Waals surface area contributed by atoms with Crippen LogP contribution in [0.25, 0.3) is 0 Å². The van der Waals surface area contributed by atoms with Gasteiger partial charge in [-0.05, 0) is 43.9 Å². The molecule has 2 unspecified atom stereocenters. The fourth-order valence-electron chi connectivity index (χ4n) is 3.01. The van der Waals surface area contributed by atoms with Crippen LogP contribution in [0, 0.1) is 11.8 Å². The third-order valence-corrected chi connectivity index (χ3v) is 4.47. The summed E-state index contributed by atoms with van der Waals surface area (Å²) in [5.41, 5.74) is 6.04. The molecule has 5 heteroatoms. The van der Waals surface area contributed by atoms with Crippen molar-refractivity contribution in [2.75, 3.05) is 13.1 Å². The van der Waals surface area contributed by atoms with Gasteiger partial charge in [0, 0.05) is 25.6 Å². The summed E-state index contributed by atoms with van der Waals surface area (Å²) < 4.78 is 0. The minimum atomic E-state index is -0.329. The van der Waals surface area contributed by atoms with Gasteiger partial charge in [-0.25, -0.2) is 0 Å². The van der Waals surface area contributed by atoms with E-state index < -0.39 is 0 Å². The molecule has 1 aliphatic carbocycles. The highest BCUT2D eigenvalue weighted by Crippen LogP contribution is 2.31. The first-order chi connectivity index (χ1) is 9.99. The van der Waals surface area contributed by atoms with Crippen LogP contribution in [-0.4, -0.2) is 41.9 Å². The van der Waals surface area contributed by atoms with Crippen molar-refractivity contribution in [1.29, 1.82) is 0 Å². The quantitative estimate of drug-likeness (QED) is 0.742. The van der Waals surface area contributed by atoms with E-state index in [4.69, 9.17) is 5.73 Å². The van der Waals surface area contributed by atoms with Gasteiger partial charge in [-0.2, -0.15) is 0 Å². The number of hydrogen-bond donors (Lipinski definition) is 2. The largest absolute Gasteiger partial charge is 0.353 e. The van der Waals surface area contributed by atoms with Crippen molar-refractivity contribution >= 4 is 11.8 Å². The lowest BCUT2D eigenvalue weighted by Gasteiger charge is -2.35. The molecule has 120 valence electrons. The summed E-state index contributed by atoms with van der Waals surface area (Å²) in [6.45, 7) is 5.41. The monoisotopic (exact) mass is 295 g/mol. The molecule has 0 aromatic heterocycles. The molecule has 0 radical (unpaired) electrons. The highest BCUT2D eigenvalue weighted by atomic mass is 16.2. The van der Waals surface area contributed by atoms with Crippen LogP contribution < -0.4 is 11.1 Å². The molecule has 5 nitrogen and oxygen atoms in total. The van der Waals surface area contributed by atoms with E-state index in [2.05, 4.69) is 19.2 Å². The van der Waals surface area contributed by atoms with Crippen LogP contribution in [0.5, 0.6) is 0 Å². The SMILES string of the molecule is CC(C)CC(C(=O)NCC(N)C1CC1)N1CCCCC1=O. The number of carbonyl (C=O) groups is 2. The van der Waals surface area contributed by atoms with E-state index >= 15 is 0 Å². The smallest absolute Gasteiger partial charge is 0.242 e. The molecule has 2 rings (SSSR count). The molecule has 0 bridgehead atoms. The molecule has 2 aliphatic rings. The van der Waals surface area contributed by atoms with Crippen molar-refractivity contribution in [3.8, 4) is 0 Å². The maximum Gasteiger partial charge on any atom is 0.242 e. The van der Waals surface area contributed by atoms with Gasteiger partial charge in [-0.1, -0.05) is 13.8 Å². The molecule has 21 heavy (non-hydrogen) atoms. The molecule has 1 heterocycles. The van der Waals surface area contributed by atoms with Gasteiger partial charge < -0.3 is 16.0 Å². The first-order valence-corrected chi connectivity index (χ1v) is 8.31. The Morgan fingerprint density at radius 1 is 1.38 bits per heavy atom. The first kappa shape index (κ1) is 16.3. The Hall–Kier alpha value is -1.10. The predicted octanol–water partition coefficient (Wildman–Crippen LogP) is 1.27. The molecule has 2 amide bonds. The van der Waals surface area contributed by atoms with Crippen LogP contribution in [-0.2, 0) is 9.59 Å². The van der Waals surface area contributed by atoms with E-state index in [1.54, 1.807) is 4.90 Å². The van der Waals surface area contributed by atoms with E-state index in [0.717, 1.165) is 19.3 Å². The van der Waals surface area contributed by atoms with Crippen molar-refractivity contribution in [1.82, 2.24) is 10.2 Å². The van der Waals surface area contributed by atoms with Gasteiger partial charge in [0.25, 0.3) is 0 Å². The van der Waals surface area contributed by atoms with Crippen molar-refractivity contribution in [2.45, 2.75) is 64.5 Å². The van der Waals surface area contributed by atoms with Crippen molar-refractivity contribution < 1.29 is 9.59 Å². The third-order valence-electron chi connectivity index (χ3n) is 4.47. The van der Waals surface area contributed by atoms with E-state index in [1.807, 2.05) is 0 Å². The van der Waals surface area contributed by atoms with Crippen molar-refractivity contribution in [3.63, 3.8) is 0 Å². The summed E-state index contributed by atoms with van der Waals surface area (Å²) >= 11 is 0. The number of hydrogen-bond acceptors (Lipinski definition) is 3. The van der Waals surface area contributed by atoms with Gasteiger partial charge in [0.2, 0.25) is 11.8 Å². The Labute approximate surface area is 127 Å². The summed E-state index contributed by atoms with van der Waals surface area (Å²) in [5, 5.41) is 2.97. The molecule has 0 aromatic rings. The molecule has 0 aromatic carbocycles. The maximum atomic E-state index is 12.5. The molecule has 2 fully saturated rings. The van der Waals surface area contributed by atoms with Crippen LogP contribution in [0.1, 0.15) is 52.4 Å². The minimum absolute atomic E-state index is 0.0324. The molecule has 1 saturated carbocycles. The second kappa shape index (κ2) is 7.25. The Balaban J connectivity index is 1.93. The zero-order valence-corrected chi connectivity index (χ0v) is 13.3. The standard InChI is InChI=1S/C16H29N3O2/c1-11(2)9-14(19-8-4-3-5-15(19)20)16(21)18-10-13(17)12-6-7-12/h11-14H,3-10,17H2,1-2H3,(H,18,21). The Morgan fingerprint density at radius 3 is 2.67 bits per heavy atom. The zero-order valence-electron chi connectivity index (χ0n) is 13.3. The Morgan fingerprint density at radius 2 is 2.10 bits per heavy atom. The van der Waals surface area contributed by atoms with Crippen LogP contribution in [0.15, 0.2) is 0 Å². The predicted molar refractivity (Wildman–Crippen MR) is 82.5 cm³/mol. The number of nitrogens with zero attached hydrogens (tertiary/aromatic N) is 1. The van der Waals surface area contributed by atoms with Gasteiger partial charge in [0.05, 0.1) is 0 Å². The second-order valence-electron chi connectivity index (χ2n) is 6.94. The first-order valence-electron chi connectivity index (χ1n) is 8.31. The van der Waals surface area contributed by atoms with Gasteiger partial charge in [-0.15, -0.1) is 0 Å². The van der Waals surface area contributed by atoms with E-state index in [-0.39, 0.29) is 23.9 Å². The number of amides is 2. The van der Waals surface area contributed by atoms with Gasteiger partial charge >= 0.3 is 0 Å². The van der Waals surface area contributed by atoms with Crippen LogP contribution >= 0.6 is 0 Å². The lowest BCUT2D eigenvalue weighted by atomic mass is 9.98. The summed E-state index contributed by atoms with van der Waals surface area (Å²) in [7, 11) is 0. The van der Waals surface area contributed by atoms with E-state index in [9.17, 15) is 9.59 Å². The minimum Gasteiger partial charge on any atom is -0.353 e. The lowest BCUT2D eigenvalue weighted by molar-refractivity contribution is -0.143. The van der Waals surface area contributed by atoms with Gasteiger partial charge in [0.1, 0.15) is 6.04 Å². The molecule has 2 atom stereocenters. The Kier molecular flexibility index (Phi) is 5.62. The molecule has 0 spiro atoms. The molecular formula is C16H29N3O2.